The fourth-order valence-corrected chi connectivity index (χ4v) is 3.39. The van der Waals surface area contributed by atoms with Crippen LogP contribution in [-0.2, 0) is 11.2 Å². The highest BCUT2D eigenvalue weighted by Gasteiger charge is 2.19. The lowest BCUT2D eigenvalue weighted by molar-refractivity contribution is -0.115. The van der Waals surface area contributed by atoms with Gasteiger partial charge >= 0.3 is 0 Å². The van der Waals surface area contributed by atoms with Crippen molar-refractivity contribution >= 4 is 35.0 Å². The van der Waals surface area contributed by atoms with Gasteiger partial charge in [0.2, 0.25) is 5.91 Å². The lowest BCUT2D eigenvalue weighted by atomic mass is 10.2. The molecule has 2 aromatic rings. The average molecular weight is 380 g/mol. The summed E-state index contributed by atoms with van der Waals surface area (Å²) < 4.78 is 0. The third-order valence-electron chi connectivity index (χ3n) is 3.57. The van der Waals surface area contributed by atoms with Gasteiger partial charge in [-0.2, -0.15) is 0 Å². The summed E-state index contributed by atoms with van der Waals surface area (Å²) in [6.07, 6.45) is 3.39. The van der Waals surface area contributed by atoms with Gasteiger partial charge in [-0.25, -0.2) is 4.98 Å². The molecule has 2 N–H and O–H groups in total. The highest BCUT2D eigenvalue weighted by Crippen LogP contribution is 2.24. The van der Waals surface area contributed by atoms with Gasteiger partial charge in [-0.3, -0.25) is 9.59 Å². The number of aryl methyl sites for hydroxylation is 1. The minimum absolute atomic E-state index is 0.142. The Bertz CT molecular complexity index is 779. The van der Waals surface area contributed by atoms with E-state index in [4.69, 9.17) is 11.6 Å². The summed E-state index contributed by atoms with van der Waals surface area (Å²) in [6, 6.07) is 8.53. The molecule has 134 valence electrons. The number of nitrogens with zero attached hydrogens (tertiary/aromatic N) is 1. The van der Waals surface area contributed by atoms with E-state index < -0.39 is 0 Å². The molecule has 1 heterocycles. The SMILES string of the molecule is CCCCc1cc(=O)[nH]c(SC(CC)C(=O)Nc2cccc(Cl)c2)n1. The Hall–Kier alpha value is -1.79. The van der Waals surface area contributed by atoms with Crippen LogP contribution in [0.3, 0.4) is 0 Å². The number of thioether (sulfide) groups is 1. The fraction of sp³-hybridized carbons (Fsp3) is 0.389. The van der Waals surface area contributed by atoms with E-state index in [1.165, 1.54) is 17.8 Å². The molecule has 1 atom stereocenters. The minimum Gasteiger partial charge on any atom is -0.325 e. The van der Waals surface area contributed by atoms with Crippen LogP contribution in [-0.4, -0.2) is 21.1 Å². The van der Waals surface area contributed by atoms with Crippen LogP contribution in [0.5, 0.6) is 0 Å². The van der Waals surface area contributed by atoms with Crippen molar-refractivity contribution in [1.82, 2.24) is 9.97 Å². The molecule has 0 aliphatic carbocycles. The van der Waals surface area contributed by atoms with Crippen LogP contribution in [0.25, 0.3) is 0 Å². The molecule has 1 aromatic heterocycles. The molecule has 0 saturated heterocycles. The van der Waals surface area contributed by atoms with Gasteiger partial charge in [0.25, 0.3) is 5.56 Å². The van der Waals surface area contributed by atoms with Gasteiger partial charge in [0.1, 0.15) is 0 Å². The topological polar surface area (TPSA) is 74.8 Å². The van der Waals surface area contributed by atoms with Crippen molar-refractivity contribution in [3.8, 4) is 0 Å². The third-order valence-corrected chi connectivity index (χ3v) is 5.05. The molecular formula is C18H22ClN3O2S. The van der Waals surface area contributed by atoms with Crippen LogP contribution >= 0.6 is 23.4 Å². The molecule has 0 spiro atoms. The first-order valence-corrected chi connectivity index (χ1v) is 9.61. The number of aromatic amines is 1. The number of carbonyl (C=O) groups is 1. The van der Waals surface area contributed by atoms with Crippen LogP contribution in [0.1, 0.15) is 38.8 Å². The average Bonchev–Trinajstić information content (AvgIpc) is 2.57. The molecule has 0 saturated carbocycles. The van der Waals surface area contributed by atoms with E-state index in [1.807, 2.05) is 6.92 Å². The summed E-state index contributed by atoms with van der Waals surface area (Å²) in [5.74, 6) is -0.142. The quantitative estimate of drug-likeness (QED) is 0.530. The standard InChI is InChI=1S/C18H22ClN3O2S/c1-3-5-8-14-11-16(23)22-18(21-14)25-15(4-2)17(24)20-13-9-6-7-12(19)10-13/h6-7,9-11,15H,3-5,8H2,1-2H3,(H,20,24)(H,21,22,23). The van der Waals surface area contributed by atoms with Gasteiger partial charge in [-0.05, 0) is 37.5 Å². The summed E-state index contributed by atoms with van der Waals surface area (Å²) in [6.45, 7) is 4.02. The minimum atomic E-state index is -0.358. The smallest absolute Gasteiger partial charge is 0.251 e. The van der Waals surface area contributed by atoms with Crippen molar-refractivity contribution in [3.63, 3.8) is 0 Å². The van der Waals surface area contributed by atoms with Crippen LogP contribution in [0.2, 0.25) is 5.02 Å². The molecule has 0 radical (unpaired) electrons. The van der Waals surface area contributed by atoms with E-state index in [9.17, 15) is 9.59 Å². The second-order valence-corrected chi connectivity index (χ2v) is 7.29. The first-order chi connectivity index (χ1) is 12.0. The molecule has 0 aliphatic rings. The van der Waals surface area contributed by atoms with Crippen LogP contribution in [0.4, 0.5) is 5.69 Å². The highest BCUT2D eigenvalue weighted by atomic mass is 35.5. The lowest BCUT2D eigenvalue weighted by Gasteiger charge is -2.14. The molecule has 25 heavy (non-hydrogen) atoms. The molecule has 1 aromatic carbocycles. The Balaban J connectivity index is 2.09. The van der Waals surface area contributed by atoms with E-state index in [0.717, 1.165) is 25.0 Å². The molecule has 0 bridgehead atoms. The maximum Gasteiger partial charge on any atom is 0.251 e. The van der Waals surface area contributed by atoms with Crippen molar-refractivity contribution in [2.24, 2.45) is 0 Å². The van der Waals surface area contributed by atoms with E-state index in [2.05, 4.69) is 22.2 Å². The molecule has 1 amide bonds. The predicted molar refractivity (Wildman–Crippen MR) is 103 cm³/mol. The monoisotopic (exact) mass is 379 g/mol. The number of hydrogen-bond donors (Lipinski definition) is 2. The summed E-state index contributed by atoms with van der Waals surface area (Å²) in [5.41, 5.74) is 1.22. The van der Waals surface area contributed by atoms with Crippen LogP contribution in [0.15, 0.2) is 40.3 Å². The predicted octanol–water partition coefficient (Wildman–Crippen LogP) is 4.28. The molecule has 2 rings (SSSR count). The van der Waals surface area contributed by atoms with E-state index >= 15 is 0 Å². The van der Waals surface area contributed by atoms with Crippen LogP contribution < -0.4 is 10.9 Å². The molecule has 1 unspecified atom stereocenters. The molecule has 5 nitrogen and oxygen atoms in total. The highest BCUT2D eigenvalue weighted by molar-refractivity contribution is 8.00. The van der Waals surface area contributed by atoms with Crippen LogP contribution in [0, 0.1) is 0 Å². The van der Waals surface area contributed by atoms with Crippen molar-refractivity contribution < 1.29 is 4.79 Å². The van der Waals surface area contributed by atoms with Gasteiger partial charge in [-0.15, -0.1) is 0 Å². The third kappa shape index (κ3) is 6.21. The number of carbonyl (C=O) groups excluding carboxylic acids is 1. The number of anilines is 1. The Morgan fingerprint density at radius 3 is 2.84 bits per heavy atom. The second-order valence-electron chi connectivity index (χ2n) is 5.66. The molecular weight excluding hydrogens is 358 g/mol. The molecule has 0 fully saturated rings. The Morgan fingerprint density at radius 1 is 1.36 bits per heavy atom. The maximum atomic E-state index is 12.5. The van der Waals surface area contributed by atoms with Crippen molar-refractivity contribution in [1.29, 1.82) is 0 Å². The molecule has 7 heteroatoms. The summed E-state index contributed by atoms with van der Waals surface area (Å²) >= 11 is 7.21. The van der Waals surface area contributed by atoms with Crippen molar-refractivity contribution in [3.05, 3.63) is 51.4 Å². The number of benzene rings is 1. The van der Waals surface area contributed by atoms with E-state index in [-0.39, 0.29) is 16.7 Å². The normalized spacial score (nSPS) is 12.0. The Labute approximate surface area is 156 Å². The second kappa shape index (κ2) is 9.63. The van der Waals surface area contributed by atoms with Gasteiger partial charge in [0, 0.05) is 22.5 Å². The number of rotatable bonds is 8. The van der Waals surface area contributed by atoms with Gasteiger partial charge < -0.3 is 10.3 Å². The van der Waals surface area contributed by atoms with E-state index in [1.54, 1.807) is 24.3 Å². The first-order valence-electron chi connectivity index (χ1n) is 8.35. The zero-order valence-electron chi connectivity index (χ0n) is 14.3. The summed E-state index contributed by atoms with van der Waals surface area (Å²) in [7, 11) is 0. The lowest BCUT2D eigenvalue weighted by Crippen LogP contribution is -2.25. The number of amides is 1. The summed E-state index contributed by atoms with van der Waals surface area (Å²) in [4.78, 5) is 31.5. The number of halogens is 1. The zero-order chi connectivity index (χ0) is 18.2. The van der Waals surface area contributed by atoms with Gasteiger partial charge in [0.05, 0.1) is 5.25 Å². The molecule has 0 aliphatic heterocycles. The Morgan fingerprint density at radius 2 is 2.16 bits per heavy atom. The summed E-state index contributed by atoms with van der Waals surface area (Å²) in [5, 5.41) is 3.54. The van der Waals surface area contributed by atoms with Crippen molar-refractivity contribution in [2.45, 2.75) is 49.9 Å². The maximum absolute atomic E-state index is 12.5. The van der Waals surface area contributed by atoms with Gasteiger partial charge in [-0.1, -0.05) is 49.7 Å². The Kier molecular flexibility index (Phi) is 7.52. The number of nitrogens with one attached hydrogen (secondary N) is 2. The zero-order valence-corrected chi connectivity index (χ0v) is 15.9. The van der Waals surface area contributed by atoms with Gasteiger partial charge in [0.15, 0.2) is 5.16 Å². The number of H-pyrrole nitrogens is 1. The fourth-order valence-electron chi connectivity index (χ4n) is 2.27. The number of unbranched alkanes of at least 4 members (excludes halogenated alkanes) is 1. The van der Waals surface area contributed by atoms with E-state index in [0.29, 0.717) is 22.3 Å². The largest absolute Gasteiger partial charge is 0.325 e. The number of aromatic nitrogens is 2. The number of hydrogen-bond acceptors (Lipinski definition) is 4. The van der Waals surface area contributed by atoms with Crippen molar-refractivity contribution in [2.75, 3.05) is 5.32 Å². The first kappa shape index (κ1) is 19.5.